The summed E-state index contributed by atoms with van der Waals surface area (Å²) in [5, 5.41) is 3.97. The Bertz CT molecular complexity index is 1770. The van der Waals surface area contributed by atoms with Crippen molar-refractivity contribution in [2.24, 2.45) is 10.7 Å². The molecule has 0 fully saturated rings. The van der Waals surface area contributed by atoms with Crippen LogP contribution in [0.15, 0.2) is 28.8 Å². The van der Waals surface area contributed by atoms with Crippen molar-refractivity contribution in [1.82, 2.24) is 24.3 Å². The Morgan fingerprint density at radius 2 is 1.18 bits per heavy atom. The molecule has 1 aromatic heterocycles. The van der Waals surface area contributed by atoms with Gasteiger partial charge in [-0.25, -0.2) is 19.2 Å². The molecule has 3 heterocycles. The van der Waals surface area contributed by atoms with Crippen LogP contribution in [0.2, 0.25) is 0 Å². The third kappa shape index (κ3) is 28.6. The van der Waals surface area contributed by atoms with Crippen molar-refractivity contribution in [2.45, 2.75) is 33.2 Å². The van der Waals surface area contributed by atoms with Gasteiger partial charge in [0, 0.05) is 60.8 Å². The molecule has 71 heavy (non-hydrogen) atoms. The molecule has 0 atom stereocenters. The first-order valence-corrected chi connectivity index (χ1v) is 25.2. The number of rotatable bonds is 44. The maximum atomic E-state index is 13.2. The zero-order valence-corrected chi connectivity index (χ0v) is 42.9. The van der Waals surface area contributed by atoms with Gasteiger partial charge in [-0.2, -0.15) is 0 Å². The zero-order chi connectivity index (χ0) is 51.2. The number of nitrogens with two attached hydrogens (primary N) is 1. The number of hydrogen-bond acceptors (Lipinski definition) is 22. The Morgan fingerprint density at radius 1 is 0.718 bits per heavy atom. The zero-order valence-electron chi connectivity index (χ0n) is 41.2. The molecule has 402 valence electrons. The Labute approximate surface area is 424 Å². The van der Waals surface area contributed by atoms with Crippen molar-refractivity contribution in [2.75, 3.05) is 172 Å². The van der Waals surface area contributed by atoms with E-state index in [4.69, 9.17) is 62.7 Å². The number of amidine groups is 1. The van der Waals surface area contributed by atoms with Gasteiger partial charge in [0.2, 0.25) is 5.91 Å². The van der Waals surface area contributed by atoms with Crippen LogP contribution in [0.5, 0.6) is 0 Å². The summed E-state index contributed by atoms with van der Waals surface area (Å²) < 4.78 is 64.4. The largest absolute Gasteiger partial charge is 0.446 e. The van der Waals surface area contributed by atoms with Crippen LogP contribution in [-0.2, 0) is 82.7 Å². The Balaban J connectivity index is 0.986. The fourth-order valence-corrected chi connectivity index (χ4v) is 7.61. The number of hydroxylamine groups is 2. The molecule has 5 amide bonds. The van der Waals surface area contributed by atoms with Gasteiger partial charge in [0.15, 0.2) is 0 Å². The molecule has 0 aliphatic carbocycles. The number of imide groups is 1. The molecule has 0 unspecified atom stereocenters. The Hall–Kier alpha value is -4.13. The monoisotopic (exact) mass is 1050 g/mol. The van der Waals surface area contributed by atoms with E-state index in [1.54, 1.807) is 0 Å². The Morgan fingerprint density at radius 3 is 1.65 bits per heavy atom. The molecular formula is C45H73N7O17S2. The standard InChI is InChI=1S/C45H73N7O17S2/c1-4-9-52(69-5-2)44(56)36-31-39-38(48-40(46)32-36)33-37(70-39)34-50(3)71-49-45(57)68-30-29-67-28-27-66-26-25-65-24-23-64-22-21-63-20-19-62-18-17-61-16-15-60-14-13-59-12-11-58-10-8-47-41(53)35-51-42(54)6-7-43(51)55/h6-7,31,33H,4-5,8-30,32,34-35H2,1-3H3,(H2,46,48)(H,47,53)(H,49,57). The molecule has 0 spiro atoms. The van der Waals surface area contributed by atoms with Crippen LogP contribution in [-0.4, -0.2) is 222 Å². The molecule has 1 aromatic rings. The Kier molecular flexibility index (Phi) is 34.0. The van der Waals surface area contributed by atoms with Crippen LogP contribution >= 0.6 is 23.5 Å². The summed E-state index contributed by atoms with van der Waals surface area (Å²) in [6.07, 6.45) is 4.51. The van der Waals surface area contributed by atoms with E-state index in [-0.39, 0.29) is 45.2 Å². The van der Waals surface area contributed by atoms with E-state index in [9.17, 15) is 24.0 Å². The predicted molar refractivity (Wildman–Crippen MR) is 262 cm³/mol. The van der Waals surface area contributed by atoms with Crippen LogP contribution in [0, 0.1) is 0 Å². The van der Waals surface area contributed by atoms with Gasteiger partial charge in [0.25, 0.3) is 17.7 Å². The second-order valence-electron chi connectivity index (χ2n) is 14.9. The van der Waals surface area contributed by atoms with Crippen molar-refractivity contribution in [3.8, 4) is 0 Å². The highest BCUT2D eigenvalue weighted by Crippen LogP contribution is 2.35. The van der Waals surface area contributed by atoms with Crippen LogP contribution < -0.4 is 15.8 Å². The van der Waals surface area contributed by atoms with E-state index in [1.807, 2.05) is 37.3 Å². The van der Waals surface area contributed by atoms with Crippen molar-refractivity contribution in [1.29, 1.82) is 0 Å². The molecule has 2 aliphatic heterocycles. The van der Waals surface area contributed by atoms with Gasteiger partial charge in [0.05, 0.1) is 149 Å². The number of thiophene rings is 1. The fraction of sp³-hybridized carbons (Fsp3) is 0.689. The first-order valence-electron chi connectivity index (χ1n) is 23.6. The van der Waals surface area contributed by atoms with Crippen LogP contribution in [0.1, 0.15) is 36.4 Å². The number of ether oxygens (including phenoxy) is 11. The number of carbonyl (C=O) groups excluding carboxylic acids is 5. The van der Waals surface area contributed by atoms with Gasteiger partial charge in [-0.05, 0) is 32.5 Å². The maximum Gasteiger partial charge on any atom is 0.418 e. The molecule has 26 heteroatoms. The number of nitrogens with zero attached hydrogens (tertiary/aromatic N) is 4. The van der Waals surface area contributed by atoms with Crippen molar-refractivity contribution in [3.63, 3.8) is 0 Å². The van der Waals surface area contributed by atoms with Crippen molar-refractivity contribution >= 4 is 70.8 Å². The minimum atomic E-state index is -0.590. The second kappa shape index (κ2) is 39.4. The van der Waals surface area contributed by atoms with Gasteiger partial charge in [-0.3, -0.25) is 33.6 Å². The minimum absolute atomic E-state index is 0.0851. The lowest BCUT2D eigenvalue weighted by atomic mass is 10.1. The van der Waals surface area contributed by atoms with Crippen molar-refractivity contribution in [3.05, 3.63) is 33.5 Å². The summed E-state index contributed by atoms with van der Waals surface area (Å²) in [4.78, 5) is 72.8. The molecule has 0 saturated heterocycles. The van der Waals surface area contributed by atoms with Gasteiger partial charge < -0.3 is 63.2 Å². The van der Waals surface area contributed by atoms with Crippen LogP contribution in [0.4, 0.5) is 10.5 Å². The first kappa shape index (κ1) is 61.2. The van der Waals surface area contributed by atoms with Gasteiger partial charge in [0.1, 0.15) is 19.0 Å². The smallest absolute Gasteiger partial charge is 0.418 e. The third-order valence-corrected chi connectivity index (χ3v) is 10.9. The first-order chi connectivity index (χ1) is 34.6. The molecule has 0 saturated carbocycles. The molecule has 3 rings (SSSR count). The van der Waals surface area contributed by atoms with E-state index in [0.717, 1.165) is 45.4 Å². The number of aliphatic imine (C=N–C) groups is 1. The molecule has 0 aromatic carbocycles. The summed E-state index contributed by atoms with van der Waals surface area (Å²) >= 11 is 2.60. The molecule has 2 aliphatic rings. The summed E-state index contributed by atoms with van der Waals surface area (Å²) in [5.74, 6) is -1.30. The summed E-state index contributed by atoms with van der Waals surface area (Å²) in [6.45, 7) is 13.2. The average Bonchev–Trinajstić information content (AvgIpc) is 3.82. The average molecular weight is 1050 g/mol. The number of fused-ring (bicyclic) bond motifs is 1. The number of nitrogens with one attached hydrogen (secondary N) is 2. The summed E-state index contributed by atoms with van der Waals surface area (Å²) in [5.41, 5.74) is 7.38. The normalized spacial score (nSPS) is 13.4. The molecule has 0 bridgehead atoms. The molecule has 0 radical (unpaired) electrons. The highest BCUT2D eigenvalue weighted by Gasteiger charge is 2.26. The quantitative estimate of drug-likeness (QED) is 0.0363. The number of hydrogen-bond donors (Lipinski definition) is 3. The van der Waals surface area contributed by atoms with E-state index in [0.29, 0.717) is 156 Å². The maximum absolute atomic E-state index is 13.2. The highest BCUT2D eigenvalue weighted by atomic mass is 32.2. The predicted octanol–water partition coefficient (Wildman–Crippen LogP) is 1.64. The number of carbonyl (C=O) groups is 5. The third-order valence-electron chi connectivity index (χ3n) is 9.19. The SMILES string of the molecule is CCCN(OCC)C(=O)C1=Cc2sc(CN(C)SNC(=O)OCCOCCOCCOCCOCCOCCOCCOCCOCCOCCOCCNC(=O)CN3C(=O)C=CC3=O)cc2N=C(N)C1. The van der Waals surface area contributed by atoms with E-state index in [1.165, 1.54) is 16.4 Å². The summed E-state index contributed by atoms with van der Waals surface area (Å²) in [7, 11) is 1.83. The second-order valence-corrected chi connectivity index (χ2v) is 17.1. The molecular weight excluding hydrogens is 975 g/mol. The number of amides is 5. The lowest BCUT2D eigenvalue weighted by molar-refractivity contribution is -0.180. The van der Waals surface area contributed by atoms with Gasteiger partial charge >= 0.3 is 6.09 Å². The van der Waals surface area contributed by atoms with E-state index >= 15 is 0 Å². The van der Waals surface area contributed by atoms with Crippen LogP contribution in [0.25, 0.3) is 6.08 Å². The lowest BCUT2D eigenvalue weighted by Crippen LogP contribution is -2.41. The van der Waals surface area contributed by atoms with Crippen molar-refractivity contribution < 1.29 is 80.9 Å². The minimum Gasteiger partial charge on any atom is -0.446 e. The molecule has 4 N–H and O–H groups in total. The summed E-state index contributed by atoms with van der Waals surface area (Å²) in [6, 6.07) is 1.93. The highest BCUT2D eigenvalue weighted by molar-refractivity contribution is 7.95. The fourth-order valence-electron chi connectivity index (χ4n) is 5.92. The topological polar surface area (TPSA) is 268 Å². The lowest BCUT2D eigenvalue weighted by Gasteiger charge is -2.21. The van der Waals surface area contributed by atoms with Gasteiger partial charge in [-0.15, -0.1) is 11.3 Å². The van der Waals surface area contributed by atoms with Crippen LogP contribution in [0.3, 0.4) is 0 Å². The molecule has 24 nitrogen and oxygen atoms in total. The van der Waals surface area contributed by atoms with Gasteiger partial charge in [-0.1, -0.05) is 6.92 Å². The van der Waals surface area contributed by atoms with E-state index < -0.39 is 23.8 Å². The van der Waals surface area contributed by atoms with E-state index in [2.05, 4.69) is 15.0 Å².